The van der Waals surface area contributed by atoms with Gasteiger partial charge in [0, 0.05) is 6.54 Å². The molecular formula is C14H17F4NO2. The summed E-state index contributed by atoms with van der Waals surface area (Å²) in [5.41, 5.74) is -2.00. The minimum absolute atomic E-state index is 0.0473. The molecule has 0 aromatic heterocycles. The summed E-state index contributed by atoms with van der Waals surface area (Å²) in [6.07, 6.45) is -4.74. The summed E-state index contributed by atoms with van der Waals surface area (Å²) in [5, 5.41) is 0. The molecule has 0 amide bonds. The fourth-order valence-corrected chi connectivity index (χ4v) is 1.82. The van der Waals surface area contributed by atoms with E-state index >= 15 is 0 Å². The van der Waals surface area contributed by atoms with E-state index in [0.717, 1.165) is 13.1 Å². The van der Waals surface area contributed by atoms with Crippen LogP contribution in [0.1, 0.15) is 29.8 Å². The van der Waals surface area contributed by atoms with Gasteiger partial charge in [-0.3, -0.25) is 0 Å². The molecule has 1 aromatic carbocycles. The van der Waals surface area contributed by atoms with Gasteiger partial charge in [0.1, 0.15) is 12.4 Å². The molecule has 0 radical (unpaired) electrons. The quantitative estimate of drug-likeness (QED) is 0.596. The largest absolute Gasteiger partial charge is 0.461 e. The molecule has 3 nitrogen and oxygen atoms in total. The Morgan fingerprint density at radius 2 is 1.86 bits per heavy atom. The molecule has 1 rings (SSSR count). The number of esters is 1. The Morgan fingerprint density at radius 3 is 2.38 bits per heavy atom. The van der Waals surface area contributed by atoms with E-state index in [9.17, 15) is 22.4 Å². The van der Waals surface area contributed by atoms with E-state index in [2.05, 4.69) is 0 Å². The Morgan fingerprint density at radius 1 is 1.24 bits per heavy atom. The van der Waals surface area contributed by atoms with E-state index in [-0.39, 0.29) is 6.61 Å². The van der Waals surface area contributed by atoms with Gasteiger partial charge >= 0.3 is 12.1 Å². The van der Waals surface area contributed by atoms with Crippen LogP contribution in [0.2, 0.25) is 0 Å². The van der Waals surface area contributed by atoms with Gasteiger partial charge in [0.15, 0.2) is 0 Å². The Labute approximate surface area is 120 Å². The van der Waals surface area contributed by atoms with Crippen LogP contribution >= 0.6 is 0 Å². The van der Waals surface area contributed by atoms with Gasteiger partial charge in [-0.05, 0) is 31.3 Å². The molecule has 0 fully saturated rings. The van der Waals surface area contributed by atoms with Crippen molar-refractivity contribution in [1.82, 2.24) is 4.90 Å². The molecule has 0 bridgehead atoms. The zero-order valence-corrected chi connectivity index (χ0v) is 11.8. The average molecular weight is 307 g/mol. The lowest BCUT2D eigenvalue weighted by Crippen LogP contribution is -2.28. The van der Waals surface area contributed by atoms with E-state index in [1.807, 2.05) is 18.7 Å². The second-order valence-corrected chi connectivity index (χ2v) is 4.35. The number of carbonyl (C=O) groups is 1. The third-order valence-corrected chi connectivity index (χ3v) is 3.04. The lowest BCUT2D eigenvalue weighted by Gasteiger charge is -2.18. The first-order valence-corrected chi connectivity index (χ1v) is 6.55. The molecule has 7 heteroatoms. The number of halogens is 4. The number of likely N-dealkylation sites (N-methyl/N-ethyl adjacent to an activating group) is 1. The van der Waals surface area contributed by atoms with Gasteiger partial charge in [0.2, 0.25) is 0 Å². The van der Waals surface area contributed by atoms with Crippen LogP contribution in [-0.2, 0) is 10.9 Å². The van der Waals surface area contributed by atoms with Crippen molar-refractivity contribution in [3.63, 3.8) is 0 Å². The standard InChI is InChI=1S/C14H17F4NO2/c1-3-19(4-2)7-8-21-13(20)11-9-10(15)5-6-12(11)14(16,17)18/h5-6,9H,3-4,7-8H2,1-2H3. The highest BCUT2D eigenvalue weighted by Gasteiger charge is 2.35. The van der Waals surface area contributed by atoms with Crippen LogP contribution in [0.5, 0.6) is 0 Å². The summed E-state index contributed by atoms with van der Waals surface area (Å²) in [6, 6.07) is 1.74. The lowest BCUT2D eigenvalue weighted by atomic mass is 10.1. The summed E-state index contributed by atoms with van der Waals surface area (Å²) in [6.45, 7) is 5.67. The normalized spacial score (nSPS) is 11.8. The maximum absolute atomic E-state index is 13.1. The van der Waals surface area contributed by atoms with Crippen molar-refractivity contribution in [2.45, 2.75) is 20.0 Å². The zero-order valence-electron chi connectivity index (χ0n) is 11.8. The van der Waals surface area contributed by atoms with E-state index < -0.39 is 29.1 Å². The number of hydrogen-bond donors (Lipinski definition) is 0. The molecule has 0 aliphatic heterocycles. The fraction of sp³-hybridized carbons (Fsp3) is 0.500. The number of hydrogen-bond acceptors (Lipinski definition) is 3. The number of carbonyl (C=O) groups excluding carboxylic acids is 1. The molecular weight excluding hydrogens is 290 g/mol. The summed E-state index contributed by atoms with van der Waals surface area (Å²) in [7, 11) is 0. The smallest absolute Gasteiger partial charge is 0.417 e. The summed E-state index contributed by atoms with van der Waals surface area (Å²) in [5.74, 6) is -2.09. The predicted octanol–water partition coefficient (Wildman–Crippen LogP) is 3.34. The van der Waals surface area contributed by atoms with E-state index in [0.29, 0.717) is 24.7 Å². The Bertz CT molecular complexity index is 484. The van der Waals surface area contributed by atoms with Crippen LogP contribution in [0.15, 0.2) is 18.2 Å². The highest BCUT2D eigenvalue weighted by Crippen LogP contribution is 2.32. The minimum Gasteiger partial charge on any atom is -0.461 e. The first kappa shape index (κ1) is 17.4. The predicted molar refractivity (Wildman–Crippen MR) is 69.5 cm³/mol. The number of nitrogens with zero attached hydrogens (tertiary/aromatic N) is 1. The van der Waals surface area contributed by atoms with Crippen LogP contribution in [0.3, 0.4) is 0 Å². The molecule has 0 aliphatic rings. The van der Waals surface area contributed by atoms with Crippen molar-refractivity contribution in [2.24, 2.45) is 0 Å². The van der Waals surface area contributed by atoms with Gasteiger partial charge in [-0.2, -0.15) is 13.2 Å². The number of alkyl halides is 3. The monoisotopic (exact) mass is 307 g/mol. The molecule has 118 valence electrons. The van der Waals surface area contributed by atoms with Gasteiger partial charge < -0.3 is 9.64 Å². The maximum atomic E-state index is 13.1. The zero-order chi connectivity index (χ0) is 16.0. The van der Waals surface area contributed by atoms with Crippen LogP contribution in [0, 0.1) is 5.82 Å². The highest BCUT2D eigenvalue weighted by molar-refractivity contribution is 5.91. The van der Waals surface area contributed by atoms with E-state index in [1.54, 1.807) is 0 Å². The summed E-state index contributed by atoms with van der Waals surface area (Å²) in [4.78, 5) is 13.7. The van der Waals surface area contributed by atoms with Gasteiger partial charge in [-0.1, -0.05) is 13.8 Å². The molecule has 0 saturated carbocycles. The molecule has 0 heterocycles. The minimum atomic E-state index is -4.74. The second kappa shape index (κ2) is 7.40. The third kappa shape index (κ3) is 5.00. The number of rotatable bonds is 6. The third-order valence-electron chi connectivity index (χ3n) is 3.04. The fourth-order valence-electron chi connectivity index (χ4n) is 1.82. The Hall–Kier alpha value is -1.63. The summed E-state index contributed by atoms with van der Waals surface area (Å²) < 4.78 is 56.2. The molecule has 21 heavy (non-hydrogen) atoms. The number of benzene rings is 1. The second-order valence-electron chi connectivity index (χ2n) is 4.35. The molecule has 0 spiro atoms. The highest BCUT2D eigenvalue weighted by atomic mass is 19.4. The molecule has 0 N–H and O–H groups in total. The van der Waals surface area contributed by atoms with Gasteiger partial charge in [-0.25, -0.2) is 9.18 Å². The van der Waals surface area contributed by atoms with Gasteiger partial charge in [-0.15, -0.1) is 0 Å². The van der Waals surface area contributed by atoms with E-state index in [4.69, 9.17) is 4.74 Å². The average Bonchev–Trinajstić information content (AvgIpc) is 2.42. The SMILES string of the molecule is CCN(CC)CCOC(=O)c1cc(F)ccc1C(F)(F)F. The van der Waals surface area contributed by atoms with Crippen molar-refractivity contribution < 1.29 is 27.1 Å². The molecule has 0 atom stereocenters. The van der Waals surface area contributed by atoms with Crippen molar-refractivity contribution in [1.29, 1.82) is 0 Å². The Kier molecular flexibility index (Phi) is 6.14. The molecule has 0 unspecified atom stereocenters. The summed E-state index contributed by atoms with van der Waals surface area (Å²) >= 11 is 0. The maximum Gasteiger partial charge on any atom is 0.417 e. The van der Waals surface area contributed by atoms with Crippen LogP contribution in [0.25, 0.3) is 0 Å². The van der Waals surface area contributed by atoms with Gasteiger partial charge in [0.05, 0.1) is 11.1 Å². The van der Waals surface area contributed by atoms with Crippen LogP contribution in [-0.4, -0.2) is 37.1 Å². The van der Waals surface area contributed by atoms with Crippen molar-refractivity contribution in [3.8, 4) is 0 Å². The molecule has 0 saturated heterocycles. The van der Waals surface area contributed by atoms with Crippen LogP contribution in [0.4, 0.5) is 17.6 Å². The van der Waals surface area contributed by atoms with E-state index in [1.165, 1.54) is 0 Å². The number of ether oxygens (including phenoxy) is 1. The molecule has 1 aromatic rings. The topological polar surface area (TPSA) is 29.5 Å². The Balaban J connectivity index is 2.80. The van der Waals surface area contributed by atoms with Crippen LogP contribution < -0.4 is 0 Å². The van der Waals surface area contributed by atoms with Crippen molar-refractivity contribution in [2.75, 3.05) is 26.2 Å². The lowest BCUT2D eigenvalue weighted by molar-refractivity contribution is -0.138. The van der Waals surface area contributed by atoms with Gasteiger partial charge in [0.25, 0.3) is 0 Å². The van der Waals surface area contributed by atoms with Crippen molar-refractivity contribution in [3.05, 3.63) is 35.1 Å². The van der Waals surface area contributed by atoms with Crippen molar-refractivity contribution >= 4 is 5.97 Å². The first-order valence-electron chi connectivity index (χ1n) is 6.55. The first-order chi connectivity index (χ1) is 9.79. The molecule has 0 aliphatic carbocycles.